The molecule has 0 bridgehead atoms. The number of aromatic nitrogens is 1. The highest BCUT2D eigenvalue weighted by Gasteiger charge is 2.07. The molecule has 0 aliphatic carbocycles. The molecular formula is C15H26N4O. The van der Waals surface area contributed by atoms with Crippen LogP contribution in [-0.4, -0.2) is 42.5 Å². The lowest BCUT2D eigenvalue weighted by Crippen LogP contribution is -2.35. The summed E-state index contributed by atoms with van der Waals surface area (Å²) in [6.07, 6.45) is 2.03. The van der Waals surface area contributed by atoms with Crippen molar-refractivity contribution in [3.63, 3.8) is 0 Å². The minimum absolute atomic E-state index is 0.0645. The summed E-state index contributed by atoms with van der Waals surface area (Å²) in [6.45, 7) is 6.89. The Morgan fingerprint density at radius 1 is 1.25 bits per heavy atom. The normalized spacial score (nSPS) is 10.6. The molecule has 5 nitrogen and oxygen atoms in total. The lowest BCUT2D eigenvalue weighted by atomic mass is 10.3. The maximum Gasteiger partial charge on any atom is 0.234 e. The Balaban J connectivity index is 2.44. The predicted octanol–water partition coefficient (Wildman–Crippen LogP) is 1.86. The van der Waals surface area contributed by atoms with Crippen LogP contribution >= 0.6 is 0 Å². The molecule has 0 atom stereocenters. The molecule has 0 unspecified atom stereocenters. The zero-order valence-corrected chi connectivity index (χ0v) is 12.8. The van der Waals surface area contributed by atoms with Gasteiger partial charge in [-0.3, -0.25) is 9.69 Å². The summed E-state index contributed by atoms with van der Waals surface area (Å²) in [5.74, 6) is 0.961. The number of nitrogens with one attached hydrogen (secondary N) is 2. The number of likely N-dealkylation sites (N-methyl/N-ethyl adjacent to an activating group) is 1. The van der Waals surface area contributed by atoms with E-state index in [9.17, 15) is 4.79 Å². The zero-order valence-electron chi connectivity index (χ0n) is 12.8. The van der Waals surface area contributed by atoms with Crippen LogP contribution in [0.3, 0.4) is 0 Å². The third-order valence-electron chi connectivity index (χ3n) is 2.78. The van der Waals surface area contributed by atoms with Crippen molar-refractivity contribution in [3.8, 4) is 0 Å². The van der Waals surface area contributed by atoms with Crippen LogP contribution in [0.15, 0.2) is 18.2 Å². The highest BCUT2D eigenvalue weighted by atomic mass is 16.2. The second kappa shape index (κ2) is 9.31. The first-order valence-corrected chi connectivity index (χ1v) is 7.30. The van der Waals surface area contributed by atoms with E-state index in [1.807, 2.05) is 37.1 Å². The van der Waals surface area contributed by atoms with Crippen molar-refractivity contribution < 1.29 is 4.79 Å². The highest BCUT2D eigenvalue weighted by Crippen LogP contribution is 2.06. The van der Waals surface area contributed by atoms with Gasteiger partial charge in [0.1, 0.15) is 5.82 Å². The highest BCUT2D eigenvalue weighted by molar-refractivity contribution is 5.77. The molecule has 112 valence electrons. The quantitative estimate of drug-likeness (QED) is 0.724. The fourth-order valence-corrected chi connectivity index (χ4v) is 1.82. The molecule has 1 amide bonds. The van der Waals surface area contributed by atoms with Gasteiger partial charge in [0.2, 0.25) is 5.91 Å². The largest absolute Gasteiger partial charge is 0.370 e. The lowest BCUT2D eigenvalue weighted by Gasteiger charge is -2.16. The predicted molar refractivity (Wildman–Crippen MR) is 82.7 cm³/mol. The van der Waals surface area contributed by atoms with Gasteiger partial charge in [-0.05, 0) is 32.0 Å². The molecule has 0 radical (unpaired) electrons. The van der Waals surface area contributed by atoms with E-state index in [-0.39, 0.29) is 5.91 Å². The summed E-state index contributed by atoms with van der Waals surface area (Å²) >= 11 is 0. The Morgan fingerprint density at radius 2 is 2.00 bits per heavy atom. The molecule has 0 fully saturated rings. The number of hydrogen-bond acceptors (Lipinski definition) is 4. The standard InChI is InChI=1S/C15H26N4O/c1-4-9-16-14-8-6-7-13(18-14)11-19(3)12-15(20)17-10-5-2/h6-8H,4-5,9-12H2,1-3H3,(H,16,18)(H,17,20). The van der Waals surface area contributed by atoms with Gasteiger partial charge in [-0.15, -0.1) is 0 Å². The SMILES string of the molecule is CCCNC(=O)CN(C)Cc1cccc(NCCC)n1. The van der Waals surface area contributed by atoms with Crippen molar-refractivity contribution in [1.82, 2.24) is 15.2 Å². The van der Waals surface area contributed by atoms with Crippen molar-refractivity contribution in [1.29, 1.82) is 0 Å². The Morgan fingerprint density at radius 3 is 2.70 bits per heavy atom. The van der Waals surface area contributed by atoms with Gasteiger partial charge in [0.05, 0.1) is 12.2 Å². The van der Waals surface area contributed by atoms with Gasteiger partial charge < -0.3 is 10.6 Å². The topological polar surface area (TPSA) is 57.3 Å². The molecule has 5 heteroatoms. The number of amides is 1. The van der Waals surface area contributed by atoms with E-state index >= 15 is 0 Å². The fraction of sp³-hybridized carbons (Fsp3) is 0.600. The van der Waals surface area contributed by atoms with Crippen LogP contribution in [0.5, 0.6) is 0 Å². The van der Waals surface area contributed by atoms with Gasteiger partial charge in [-0.1, -0.05) is 19.9 Å². The van der Waals surface area contributed by atoms with E-state index in [0.29, 0.717) is 13.1 Å². The van der Waals surface area contributed by atoms with E-state index in [1.165, 1.54) is 0 Å². The summed E-state index contributed by atoms with van der Waals surface area (Å²) in [5.41, 5.74) is 0.969. The Bertz CT molecular complexity index is 409. The van der Waals surface area contributed by atoms with Crippen LogP contribution < -0.4 is 10.6 Å². The molecule has 0 saturated carbocycles. The number of carbonyl (C=O) groups is 1. The Labute approximate surface area is 121 Å². The van der Waals surface area contributed by atoms with Crippen LogP contribution in [0.25, 0.3) is 0 Å². The van der Waals surface area contributed by atoms with E-state index in [1.54, 1.807) is 0 Å². The average molecular weight is 278 g/mol. The molecule has 2 N–H and O–H groups in total. The third-order valence-corrected chi connectivity index (χ3v) is 2.78. The number of nitrogens with zero attached hydrogens (tertiary/aromatic N) is 2. The monoisotopic (exact) mass is 278 g/mol. The Kier molecular flexibility index (Phi) is 7.65. The van der Waals surface area contributed by atoms with E-state index < -0.39 is 0 Å². The van der Waals surface area contributed by atoms with E-state index in [0.717, 1.165) is 37.4 Å². The molecule has 0 aromatic carbocycles. The van der Waals surface area contributed by atoms with Crippen LogP contribution in [0.2, 0.25) is 0 Å². The van der Waals surface area contributed by atoms with Crippen molar-refractivity contribution in [2.24, 2.45) is 0 Å². The lowest BCUT2D eigenvalue weighted by molar-refractivity contribution is -0.122. The first-order valence-electron chi connectivity index (χ1n) is 7.30. The van der Waals surface area contributed by atoms with Gasteiger partial charge in [0.15, 0.2) is 0 Å². The Hall–Kier alpha value is -1.62. The molecule has 0 saturated heterocycles. The second-order valence-electron chi connectivity index (χ2n) is 4.96. The van der Waals surface area contributed by atoms with Gasteiger partial charge in [-0.2, -0.15) is 0 Å². The third kappa shape index (κ3) is 6.52. The molecule has 1 aromatic heterocycles. The van der Waals surface area contributed by atoms with Crippen molar-refractivity contribution in [3.05, 3.63) is 23.9 Å². The van der Waals surface area contributed by atoms with E-state index in [4.69, 9.17) is 0 Å². The fourth-order valence-electron chi connectivity index (χ4n) is 1.82. The summed E-state index contributed by atoms with van der Waals surface area (Å²) < 4.78 is 0. The molecule has 1 aromatic rings. The van der Waals surface area contributed by atoms with Gasteiger partial charge >= 0.3 is 0 Å². The van der Waals surface area contributed by atoms with Gasteiger partial charge in [0, 0.05) is 19.6 Å². The van der Waals surface area contributed by atoms with E-state index in [2.05, 4.69) is 22.5 Å². The maximum absolute atomic E-state index is 11.6. The van der Waals surface area contributed by atoms with Crippen molar-refractivity contribution in [2.45, 2.75) is 33.2 Å². The maximum atomic E-state index is 11.6. The smallest absolute Gasteiger partial charge is 0.234 e. The van der Waals surface area contributed by atoms with Crippen LogP contribution in [0, 0.1) is 0 Å². The molecular weight excluding hydrogens is 252 g/mol. The second-order valence-corrected chi connectivity index (χ2v) is 4.96. The molecule has 0 spiro atoms. The zero-order chi connectivity index (χ0) is 14.8. The summed E-state index contributed by atoms with van der Waals surface area (Å²) in [6, 6.07) is 5.94. The summed E-state index contributed by atoms with van der Waals surface area (Å²) in [7, 11) is 1.93. The molecule has 1 rings (SSSR count). The molecule has 0 aliphatic rings. The average Bonchev–Trinajstić information content (AvgIpc) is 2.43. The minimum atomic E-state index is 0.0645. The number of pyridine rings is 1. The number of hydrogen-bond donors (Lipinski definition) is 2. The van der Waals surface area contributed by atoms with Crippen LogP contribution in [0.1, 0.15) is 32.4 Å². The van der Waals surface area contributed by atoms with Crippen LogP contribution in [-0.2, 0) is 11.3 Å². The first-order chi connectivity index (χ1) is 9.65. The van der Waals surface area contributed by atoms with Crippen molar-refractivity contribution >= 4 is 11.7 Å². The van der Waals surface area contributed by atoms with Gasteiger partial charge in [-0.25, -0.2) is 4.98 Å². The molecule has 1 heterocycles. The number of carbonyl (C=O) groups excluding carboxylic acids is 1. The summed E-state index contributed by atoms with van der Waals surface area (Å²) in [4.78, 5) is 18.1. The van der Waals surface area contributed by atoms with Crippen molar-refractivity contribution in [2.75, 3.05) is 32.0 Å². The van der Waals surface area contributed by atoms with Gasteiger partial charge in [0.25, 0.3) is 0 Å². The molecule has 0 aliphatic heterocycles. The molecule has 20 heavy (non-hydrogen) atoms. The number of anilines is 1. The summed E-state index contributed by atoms with van der Waals surface area (Å²) in [5, 5.41) is 6.14. The minimum Gasteiger partial charge on any atom is -0.370 e. The van der Waals surface area contributed by atoms with Crippen LogP contribution in [0.4, 0.5) is 5.82 Å². The first kappa shape index (κ1) is 16.4. The number of rotatable bonds is 9.